The minimum absolute atomic E-state index is 0. The van der Waals surface area contributed by atoms with Gasteiger partial charge < -0.3 is 16.4 Å². The van der Waals surface area contributed by atoms with Crippen molar-refractivity contribution in [3.8, 4) is 0 Å². The van der Waals surface area contributed by atoms with Crippen LogP contribution in [0, 0.1) is 12.8 Å². The zero-order chi connectivity index (χ0) is 15.4. The van der Waals surface area contributed by atoms with Crippen molar-refractivity contribution in [2.24, 2.45) is 11.7 Å². The van der Waals surface area contributed by atoms with Gasteiger partial charge in [0.25, 0.3) is 0 Å². The summed E-state index contributed by atoms with van der Waals surface area (Å²) in [5, 5.41) is 5.76. The number of carbonyl (C=O) groups excluding carboxylic acids is 2. The Kier molecular flexibility index (Phi) is 6.84. The predicted molar refractivity (Wildman–Crippen MR) is 91.3 cm³/mol. The lowest BCUT2D eigenvalue weighted by atomic mass is 10.1. The van der Waals surface area contributed by atoms with Gasteiger partial charge in [-0.05, 0) is 50.8 Å². The number of rotatable bonds is 6. The molecule has 1 unspecified atom stereocenters. The second-order valence-electron chi connectivity index (χ2n) is 5.86. The first-order valence-corrected chi connectivity index (χ1v) is 7.42. The van der Waals surface area contributed by atoms with Crippen LogP contribution < -0.4 is 16.4 Å². The van der Waals surface area contributed by atoms with Crippen LogP contribution in [0.1, 0.15) is 38.2 Å². The van der Waals surface area contributed by atoms with Crippen LogP contribution in [0.25, 0.3) is 0 Å². The highest BCUT2D eigenvalue weighted by Gasteiger charge is 2.29. The summed E-state index contributed by atoms with van der Waals surface area (Å²) in [4.78, 5) is 23.6. The Morgan fingerprint density at radius 2 is 2.00 bits per heavy atom. The number of halogens is 1. The maximum Gasteiger partial charge on any atom is 0.227 e. The fourth-order valence-corrected chi connectivity index (χ4v) is 2.00. The first kappa shape index (κ1) is 18.5. The first-order valence-electron chi connectivity index (χ1n) is 7.42. The van der Waals surface area contributed by atoms with Gasteiger partial charge in [0.05, 0.1) is 0 Å². The number of hydrogen-bond donors (Lipinski definition) is 3. The monoisotopic (exact) mass is 325 g/mol. The smallest absolute Gasteiger partial charge is 0.227 e. The average molecular weight is 326 g/mol. The lowest BCUT2D eigenvalue weighted by Crippen LogP contribution is -2.20. The fraction of sp³-hybridized carbons (Fsp3) is 0.500. The predicted octanol–water partition coefficient (Wildman–Crippen LogP) is 2.83. The van der Waals surface area contributed by atoms with Gasteiger partial charge in [-0.1, -0.05) is 6.07 Å². The Morgan fingerprint density at radius 3 is 2.59 bits per heavy atom. The standard InChI is InChI=1S/C16H23N3O2.ClH/c1-10-3-7-13(18-16(21)12-5-6-12)9-14(10)19-15(20)8-4-11(2)17;/h3,7,9,11-12H,4-6,8,17H2,1-2H3,(H,18,21)(H,19,20);1H. The van der Waals surface area contributed by atoms with Gasteiger partial charge in [0.15, 0.2) is 0 Å². The molecular formula is C16H24ClN3O2. The largest absolute Gasteiger partial charge is 0.328 e. The van der Waals surface area contributed by atoms with E-state index in [-0.39, 0.29) is 36.2 Å². The SMILES string of the molecule is Cc1ccc(NC(=O)C2CC2)cc1NC(=O)CCC(C)N.Cl. The second-order valence-corrected chi connectivity index (χ2v) is 5.86. The van der Waals surface area contributed by atoms with Gasteiger partial charge in [0.1, 0.15) is 0 Å². The summed E-state index contributed by atoms with van der Waals surface area (Å²) in [6, 6.07) is 5.57. The van der Waals surface area contributed by atoms with Crippen molar-refractivity contribution in [1.82, 2.24) is 0 Å². The normalized spacial score (nSPS) is 14.7. The molecule has 0 bridgehead atoms. The molecule has 22 heavy (non-hydrogen) atoms. The van der Waals surface area contributed by atoms with Crippen LogP contribution in [0.5, 0.6) is 0 Å². The maximum atomic E-state index is 11.9. The molecule has 0 heterocycles. The molecule has 1 aromatic carbocycles. The van der Waals surface area contributed by atoms with Crippen molar-refractivity contribution in [3.05, 3.63) is 23.8 Å². The van der Waals surface area contributed by atoms with Crippen molar-refractivity contribution < 1.29 is 9.59 Å². The summed E-state index contributed by atoms with van der Waals surface area (Å²) in [7, 11) is 0. The molecule has 6 heteroatoms. The zero-order valence-electron chi connectivity index (χ0n) is 13.0. The molecule has 1 aliphatic rings. The lowest BCUT2D eigenvalue weighted by molar-refractivity contribution is -0.117. The third-order valence-corrected chi connectivity index (χ3v) is 3.55. The Balaban J connectivity index is 0.00000242. The summed E-state index contributed by atoms with van der Waals surface area (Å²) < 4.78 is 0. The van der Waals surface area contributed by atoms with Gasteiger partial charge >= 0.3 is 0 Å². The molecule has 2 amide bonds. The summed E-state index contributed by atoms with van der Waals surface area (Å²) in [6.07, 6.45) is 3.00. The van der Waals surface area contributed by atoms with E-state index in [1.54, 1.807) is 6.07 Å². The van der Waals surface area contributed by atoms with E-state index in [1.165, 1.54) is 0 Å². The minimum atomic E-state index is -0.0546. The van der Waals surface area contributed by atoms with Gasteiger partial charge in [-0.3, -0.25) is 9.59 Å². The number of benzene rings is 1. The molecule has 2 rings (SSSR count). The number of hydrogen-bond acceptors (Lipinski definition) is 3. The van der Waals surface area contributed by atoms with Gasteiger partial charge in [0, 0.05) is 29.8 Å². The molecular weight excluding hydrogens is 302 g/mol. The highest BCUT2D eigenvalue weighted by Crippen LogP contribution is 2.30. The molecule has 4 N–H and O–H groups in total. The Labute approximate surface area is 137 Å². The first-order chi connectivity index (χ1) is 9.95. The summed E-state index contributed by atoms with van der Waals surface area (Å²) in [5.41, 5.74) is 8.07. The van der Waals surface area contributed by atoms with Crippen LogP contribution in [-0.2, 0) is 9.59 Å². The summed E-state index contributed by atoms with van der Waals surface area (Å²) in [5.74, 6) is 0.171. The van der Waals surface area contributed by atoms with Gasteiger partial charge in [-0.2, -0.15) is 0 Å². The molecule has 1 fully saturated rings. The average Bonchev–Trinajstić information content (AvgIpc) is 3.24. The van der Waals surface area contributed by atoms with Crippen LogP contribution >= 0.6 is 12.4 Å². The maximum absolute atomic E-state index is 11.9. The van der Waals surface area contributed by atoms with Crippen molar-refractivity contribution in [2.75, 3.05) is 10.6 Å². The molecule has 1 saturated carbocycles. The van der Waals surface area contributed by atoms with Crippen LogP contribution in [0.2, 0.25) is 0 Å². The molecule has 0 radical (unpaired) electrons. The molecule has 122 valence electrons. The van der Waals surface area contributed by atoms with Crippen molar-refractivity contribution in [3.63, 3.8) is 0 Å². The quantitative estimate of drug-likeness (QED) is 0.752. The van der Waals surface area contributed by atoms with Crippen LogP contribution in [0.3, 0.4) is 0 Å². The molecule has 0 spiro atoms. The molecule has 1 atom stereocenters. The van der Waals surface area contributed by atoms with E-state index in [9.17, 15) is 9.59 Å². The number of nitrogens with two attached hydrogens (primary N) is 1. The second kappa shape index (κ2) is 8.15. The van der Waals surface area contributed by atoms with Gasteiger partial charge in [0.2, 0.25) is 11.8 Å². The van der Waals surface area contributed by atoms with E-state index < -0.39 is 0 Å². The Bertz CT molecular complexity index is 542. The number of nitrogens with one attached hydrogen (secondary N) is 2. The minimum Gasteiger partial charge on any atom is -0.328 e. The molecule has 0 aliphatic heterocycles. The van der Waals surface area contributed by atoms with E-state index in [0.717, 1.165) is 29.8 Å². The summed E-state index contributed by atoms with van der Waals surface area (Å²) in [6.45, 7) is 3.81. The highest BCUT2D eigenvalue weighted by molar-refractivity contribution is 5.96. The lowest BCUT2D eigenvalue weighted by Gasteiger charge is -2.12. The van der Waals surface area contributed by atoms with Crippen molar-refractivity contribution >= 4 is 35.6 Å². The Hall–Kier alpha value is -1.59. The fourth-order valence-electron chi connectivity index (χ4n) is 2.00. The van der Waals surface area contributed by atoms with Crippen molar-refractivity contribution in [1.29, 1.82) is 0 Å². The van der Waals surface area contributed by atoms with E-state index in [0.29, 0.717) is 12.8 Å². The van der Waals surface area contributed by atoms with Crippen LogP contribution in [0.4, 0.5) is 11.4 Å². The number of anilines is 2. The molecule has 1 aromatic rings. The van der Waals surface area contributed by atoms with E-state index in [4.69, 9.17) is 5.73 Å². The number of aryl methyl sites for hydroxylation is 1. The molecule has 0 aromatic heterocycles. The molecule has 5 nitrogen and oxygen atoms in total. The topological polar surface area (TPSA) is 84.2 Å². The number of amides is 2. The van der Waals surface area contributed by atoms with Crippen LogP contribution in [-0.4, -0.2) is 17.9 Å². The number of carbonyl (C=O) groups is 2. The molecule has 1 aliphatic carbocycles. The third kappa shape index (κ3) is 5.66. The van der Waals surface area contributed by atoms with Crippen LogP contribution in [0.15, 0.2) is 18.2 Å². The third-order valence-electron chi connectivity index (χ3n) is 3.55. The van der Waals surface area contributed by atoms with Gasteiger partial charge in [-0.15, -0.1) is 12.4 Å². The highest BCUT2D eigenvalue weighted by atomic mass is 35.5. The zero-order valence-corrected chi connectivity index (χ0v) is 13.8. The van der Waals surface area contributed by atoms with Crippen molar-refractivity contribution in [2.45, 2.75) is 45.6 Å². The van der Waals surface area contributed by atoms with E-state index >= 15 is 0 Å². The summed E-state index contributed by atoms with van der Waals surface area (Å²) >= 11 is 0. The van der Waals surface area contributed by atoms with E-state index in [1.807, 2.05) is 26.0 Å². The van der Waals surface area contributed by atoms with E-state index in [2.05, 4.69) is 10.6 Å². The van der Waals surface area contributed by atoms with Gasteiger partial charge in [-0.25, -0.2) is 0 Å². The molecule has 0 saturated heterocycles. The Morgan fingerprint density at radius 1 is 1.32 bits per heavy atom.